The third kappa shape index (κ3) is 4.33. The van der Waals surface area contributed by atoms with Crippen molar-refractivity contribution in [2.45, 2.75) is 33.9 Å². The normalized spacial score (nSPS) is 10.9. The molecule has 0 radical (unpaired) electrons. The summed E-state index contributed by atoms with van der Waals surface area (Å²) in [7, 11) is 0. The molecule has 0 saturated heterocycles. The van der Waals surface area contributed by atoms with Crippen LogP contribution in [0.1, 0.15) is 37.7 Å². The predicted molar refractivity (Wildman–Crippen MR) is 123 cm³/mol. The lowest BCUT2D eigenvalue weighted by Crippen LogP contribution is -2.22. The molecule has 0 spiro atoms. The molecule has 2 heterocycles. The maximum Gasteiger partial charge on any atom is 0.251 e. The number of rotatable bonds is 6. The monoisotopic (exact) mass is 416 g/mol. The summed E-state index contributed by atoms with van der Waals surface area (Å²) in [5.41, 5.74) is 4.04. The van der Waals surface area contributed by atoms with Crippen molar-refractivity contribution in [3.8, 4) is 0 Å². The lowest BCUT2D eigenvalue weighted by molar-refractivity contribution is 0.0951. The van der Waals surface area contributed by atoms with E-state index >= 15 is 0 Å². The van der Waals surface area contributed by atoms with E-state index in [4.69, 9.17) is 0 Å². The van der Waals surface area contributed by atoms with Crippen molar-refractivity contribution in [2.24, 2.45) is 0 Å². The first kappa shape index (κ1) is 20.0. The van der Waals surface area contributed by atoms with E-state index in [0.717, 1.165) is 33.0 Å². The molecule has 0 bridgehead atoms. The van der Waals surface area contributed by atoms with Gasteiger partial charge in [-0.1, -0.05) is 42.5 Å². The third-order valence-corrected chi connectivity index (χ3v) is 6.21. The SMILES string of the molecule is Cc1nc(NCc2ccc(C(=O)NCc3ccccc3)cc2)c2c(C)c(C)sc2n1. The summed E-state index contributed by atoms with van der Waals surface area (Å²) in [5.74, 6) is 1.55. The van der Waals surface area contributed by atoms with E-state index in [2.05, 4.69) is 34.4 Å². The van der Waals surface area contributed by atoms with E-state index in [1.54, 1.807) is 11.3 Å². The van der Waals surface area contributed by atoms with Crippen LogP contribution in [0, 0.1) is 20.8 Å². The number of amides is 1. The largest absolute Gasteiger partial charge is 0.365 e. The number of fused-ring (bicyclic) bond motifs is 1. The van der Waals surface area contributed by atoms with Gasteiger partial charge in [-0.25, -0.2) is 9.97 Å². The maximum absolute atomic E-state index is 12.4. The molecule has 2 aromatic carbocycles. The number of aryl methyl sites for hydroxylation is 3. The Labute approximate surface area is 180 Å². The zero-order valence-electron chi connectivity index (χ0n) is 17.3. The number of nitrogens with one attached hydrogen (secondary N) is 2. The molecule has 4 aromatic rings. The number of hydrogen-bond donors (Lipinski definition) is 2. The zero-order valence-corrected chi connectivity index (χ0v) is 18.1. The van der Waals surface area contributed by atoms with E-state index in [9.17, 15) is 4.79 Å². The van der Waals surface area contributed by atoms with Crippen molar-refractivity contribution in [3.05, 3.63) is 87.6 Å². The number of aromatic nitrogens is 2. The quantitative estimate of drug-likeness (QED) is 0.456. The van der Waals surface area contributed by atoms with Crippen LogP contribution >= 0.6 is 11.3 Å². The van der Waals surface area contributed by atoms with Crippen LogP contribution in [0.3, 0.4) is 0 Å². The Balaban J connectivity index is 1.42. The van der Waals surface area contributed by atoms with Gasteiger partial charge in [0.1, 0.15) is 16.5 Å². The minimum atomic E-state index is -0.0733. The zero-order chi connectivity index (χ0) is 21.1. The Kier molecular flexibility index (Phi) is 5.77. The number of hydrogen-bond acceptors (Lipinski definition) is 5. The molecule has 1 amide bonds. The number of thiophene rings is 1. The van der Waals surface area contributed by atoms with Crippen LogP contribution in [0.4, 0.5) is 5.82 Å². The number of nitrogens with zero attached hydrogens (tertiary/aromatic N) is 2. The first-order valence-electron chi connectivity index (χ1n) is 9.90. The highest BCUT2D eigenvalue weighted by Crippen LogP contribution is 2.33. The second-order valence-electron chi connectivity index (χ2n) is 7.30. The fourth-order valence-electron chi connectivity index (χ4n) is 3.32. The average molecular weight is 417 g/mol. The molecule has 0 unspecified atom stereocenters. The number of anilines is 1. The molecule has 0 atom stereocenters. The second-order valence-corrected chi connectivity index (χ2v) is 8.50. The highest BCUT2D eigenvalue weighted by molar-refractivity contribution is 7.18. The molecule has 6 heteroatoms. The van der Waals surface area contributed by atoms with Gasteiger partial charge in [0, 0.05) is 23.5 Å². The lowest BCUT2D eigenvalue weighted by Gasteiger charge is -2.10. The van der Waals surface area contributed by atoms with E-state index in [0.29, 0.717) is 18.7 Å². The van der Waals surface area contributed by atoms with Crippen molar-refractivity contribution < 1.29 is 4.79 Å². The minimum Gasteiger partial charge on any atom is -0.365 e. The van der Waals surface area contributed by atoms with Crippen molar-refractivity contribution in [1.29, 1.82) is 0 Å². The first-order valence-corrected chi connectivity index (χ1v) is 10.7. The molecule has 0 saturated carbocycles. The Bertz CT molecular complexity index is 1180. The third-order valence-electron chi connectivity index (χ3n) is 5.11. The van der Waals surface area contributed by atoms with Crippen LogP contribution in [-0.2, 0) is 13.1 Å². The predicted octanol–water partition coefficient (Wildman–Crippen LogP) is 5.16. The van der Waals surface area contributed by atoms with Gasteiger partial charge in [0.05, 0.1) is 5.39 Å². The molecule has 2 N–H and O–H groups in total. The molecule has 4 rings (SSSR count). The maximum atomic E-state index is 12.4. The Hall–Kier alpha value is -3.25. The number of carbonyl (C=O) groups excluding carboxylic acids is 1. The van der Waals surface area contributed by atoms with Gasteiger partial charge < -0.3 is 10.6 Å². The summed E-state index contributed by atoms with van der Waals surface area (Å²) in [4.78, 5) is 23.8. The highest BCUT2D eigenvalue weighted by Gasteiger charge is 2.13. The summed E-state index contributed by atoms with van der Waals surface area (Å²) >= 11 is 1.70. The molecule has 0 aliphatic heterocycles. The average Bonchev–Trinajstić information content (AvgIpc) is 3.04. The van der Waals surface area contributed by atoms with Crippen LogP contribution in [-0.4, -0.2) is 15.9 Å². The van der Waals surface area contributed by atoms with Crippen LogP contribution in [0.25, 0.3) is 10.2 Å². The minimum absolute atomic E-state index is 0.0733. The van der Waals surface area contributed by atoms with Crippen molar-refractivity contribution in [3.63, 3.8) is 0 Å². The lowest BCUT2D eigenvalue weighted by atomic mass is 10.1. The van der Waals surface area contributed by atoms with Gasteiger partial charge in [0.15, 0.2) is 0 Å². The first-order chi connectivity index (χ1) is 14.5. The Morgan fingerprint density at radius 3 is 2.33 bits per heavy atom. The second kappa shape index (κ2) is 8.63. The van der Waals surface area contributed by atoms with Crippen LogP contribution in [0.5, 0.6) is 0 Å². The molecular formula is C24H24N4OS. The van der Waals surface area contributed by atoms with Gasteiger partial charge in [-0.05, 0) is 49.6 Å². The smallest absolute Gasteiger partial charge is 0.251 e. The summed E-state index contributed by atoms with van der Waals surface area (Å²) < 4.78 is 0. The van der Waals surface area contributed by atoms with Gasteiger partial charge in [0.25, 0.3) is 5.91 Å². The van der Waals surface area contributed by atoms with E-state index in [-0.39, 0.29) is 5.91 Å². The molecule has 2 aromatic heterocycles. The van der Waals surface area contributed by atoms with Gasteiger partial charge in [0.2, 0.25) is 0 Å². The molecule has 152 valence electrons. The van der Waals surface area contributed by atoms with Gasteiger partial charge in [-0.15, -0.1) is 11.3 Å². The standard InChI is InChI=1S/C24H24N4OS/c1-15-16(2)30-24-21(15)22(27-17(3)28-24)25-13-19-9-11-20(12-10-19)23(29)26-14-18-7-5-4-6-8-18/h4-12H,13-14H2,1-3H3,(H,26,29)(H,25,27,28). The van der Waals surface area contributed by atoms with Crippen molar-refractivity contribution >= 4 is 33.3 Å². The summed E-state index contributed by atoms with van der Waals surface area (Å²) in [6.07, 6.45) is 0. The Morgan fingerprint density at radius 1 is 0.900 bits per heavy atom. The molecule has 0 aliphatic rings. The highest BCUT2D eigenvalue weighted by atomic mass is 32.1. The summed E-state index contributed by atoms with van der Waals surface area (Å²) in [6.45, 7) is 7.29. The number of benzene rings is 2. The molecule has 30 heavy (non-hydrogen) atoms. The van der Waals surface area contributed by atoms with Crippen molar-refractivity contribution in [2.75, 3.05) is 5.32 Å². The fourth-order valence-corrected chi connectivity index (χ4v) is 4.40. The van der Waals surface area contributed by atoms with Gasteiger partial charge in [-0.2, -0.15) is 0 Å². The van der Waals surface area contributed by atoms with Gasteiger partial charge >= 0.3 is 0 Å². The van der Waals surface area contributed by atoms with Gasteiger partial charge in [-0.3, -0.25) is 4.79 Å². The van der Waals surface area contributed by atoms with E-state index in [1.165, 1.54) is 10.4 Å². The fraction of sp³-hybridized carbons (Fsp3) is 0.208. The van der Waals surface area contributed by atoms with Crippen LogP contribution in [0.2, 0.25) is 0 Å². The van der Waals surface area contributed by atoms with Crippen LogP contribution in [0.15, 0.2) is 54.6 Å². The van der Waals surface area contributed by atoms with E-state index in [1.807, 2.05) is 61.5 Å². The molecule has 5 nitrogen and oxygen atoms in total. The Morgan fingerprint density at radius 2 is 1.60 bits per heavy atom. The van der Waals surface area contributed by atoms with Crippen molar-refractivity contribution in [1.82, 2.24) is 15.3 Å². The topological polar surface area (TPSA) is 66.9 Å². The number of carbonyl (C=O) groups is 1. The molecule has 0 fully saturated rings. The molecular weight excluding hydrogens is 392 g/mol. The van der Waals surface area contributed by atoms with Crippen LogP contribution < -0.4 is 10.6 Å². The molecule has 0 aliphatic carbocycles. The summed E-state index contributed by atoms with van der Waals surface area (Å²) in [5, 5.41) is 7.50. The summed E-state index contributed by atoms with van der Waals surface area (Å²) in [6, 6.07) is 17.6. The van der Waals surface area contributed by atoms with E-state index < -0.39 is 0 Å².